The van der Waals surface area contributed by atoms with Gasteiger partial charge in [0.1, 0.15) is 5.15 Å². The monoisotopic (exact) mass is 206 g/mol. The van der Waals surface area contributed by atoms with Crippen LogP contribution in [0.15, 0.2) is 6.20 Å². The number of aldehydes is 1. The molecule has 1 aromatic rings. The Labute approximate surface area is 77.5 Å². The minimum Gasteiger partial charge on any atom is -0.397 e. The van der Waals surface area contributed by atoms with E-state index >= 15 is 0 Å². The number of pyridine rings is 1. The summed E-state index contributed by atoms with van der Waals surface area (Å²) in [6.45, 7) is 0. The Morgan fingerprint density at radius 1 is 1.62 bits per heavy atom. The first-order chi connectivity index (χ1) is 6.07. The third-order valence-electron chi connectivity index (χ3n) is 1.48. The third kappa shape index (κ3) is 1.75. The zero-order chi connectivity index (χ0) is 10.0. The number of carbonyl (C=O) groups excluding carboxylic acids is 1. The molecule has 1 heterocycles. The minimum atomic E-state index is -2.83. The Balaban J connectivity index is 3.43. The molecular formula is C7H5ClF2N2O. The van der Waals surface area contributed by atoms with Crippen LogP contribution in [-0.2, 0) is 0 Å². The van der Waals surface area contributed by atoms with Gasteiger partial charge in [-0.1, -0.05) is 11.6 Å². The number of aromatic nitrogens is 1. The van der Waals surface area contributed by atoms with E-state index in [9.17, 15) is 13.6 Å². The summed E-state index contributed by atoms with van der Waals surface area (Å²) in [5.74, 6) is 0. The van der Waals surface area contributed by atoms with Gasteiger partial charge < -0.3 is 5.73 Å². The van der Waals surface area contributed by atoms with Gasteiger partial charge in [0.25, 0.3) is 6.43 Å². The van der Waals surface area contributed by atoms with Crippen molar-refractivity contribution in [2.75, 3.05) is 5.73 Å². The Morgan fingerprint density at radius 3 is 2.62 bits per heavy atom. The molecule has 0 unspecified atom stereocenters. The summed E-state index contributed by atoms with van der Waals surface area (Å²) in [5.41, 5.74) is 4.06. The Kier molecular flexibility index (Phi) is 2.77. The molecule has 0 aromatic carbocycles. The number of nitrogen functional groups attached to an aromatic ring is 1. The molecule has 0 atom stereocenters. The number of hydrogen-bond donors (Lipinski definition) is 1. The highest BCUT2D eigenvalue weighted by Crippen LogP contribution is 2.30. The summed E-state index contributed by atoms with van der Waals surface area (Å²) in [4.78, 5) is 13.9. The molecule has 1 aromatic heterocycles. The van der Waals surface area contributed by atoms with Crippen molar-refractivity contribution in [3.05, 3.63) is 22.5 Å². The second-order valence-corrected chi connectivity index (χ2v) is 2.61. The fourth-order valence-corrected chi connectivity index (χ4v) is 1.08. The summed E-state index contributed by atoms with van der Waals surface area (Å²) >= 11 is 5.41. The van der Waals surface area contributed by atoms with Crippen molar-refractivity contribution in [1.82, 2.24) is 4.98 Å². The van der Waals surface area contributed by atoms with E-state index in [0.717, 1.165) is 6.20 Å². The quantitative estimate of drug-likeness (QED) is 0.595. The fraction of sp³-hybridized carbons (Fsp3) is 0.143. The van der Waals surface area contributed by atoms with E-state index in [1.807, 2.05) is 0 Å². The normalized spacial score (nSPS) is 10.5. The zero-order valence-corrected chi connectivity index (χ0v) is 7.05. The number of halogens is 3. The van der Waals surface area contributed by atoms with E-state index in [1.165, 1.54) is 0 Å². The van der Waals surface area contributed by atoms with Gasteiger partial charge in [-0.15, -0.1) is 0 Å². The van der Waals surface area contributed by atoms with Crippen LogP contribution in [-0.4, -0.2) is 11.3 Å². The number of carbonyl (C=O) groups is 1. The molecule has 0 spiro atoms. The summed E-state index contributed by atoms with van der Waals surface area (Å²) in [5, 5.41) is -0.264. The lowest BCUT2D eigenvalue weighted by atomic mass is 10.1. The van der Waals surface area contributed by atoms with Crippen molar-refractivity contribution in [2.24, 2.45) is 0 Å². The Bertz CT molecular complexity index is 344. The van der Waals surface area contributed by atoms with Gasteiger partial charge in [-0.2, -0.15) is 0 Å². The van der Waals surface area contributed by atoms with E-state index in [2.05, 4.69) is 4.98 Å². The van der Waals surface area contributed by atoms with E-state index in [-0.39, 0.29) is 22.7 Å². The fourth-order valence-electron chi connectivity index (χ4n) is 0.888. The molecule has 0 aliphatic rings. The number of rotatable bonds is 2. The van der Waals surface area contributed by atoms with E-state index in [0.29, 0.717) is 0 Å². The van der Waals surface area contributed by atoms with Gasteiger partial charge in [0, 0.05) is 0 Å². The summed E-state index contributed by atoms with van der Waals surface area (Å²) in [6.07, 6.45) is -1.62. The predicted molar refractivity (Wildman–Crippen MR) is 44.0 cm³/mol. The van der Waals surface area contributed by atoms with Crippen molar-refractivity contribution in [2.45, 2.75) is 6.43 Å². The smallest absolute Gasteiger partial charge is 0.266 e. The van der Waals surface area contributed by atoms with Crippen molar-refractivity contribution < 1.29 is 13.6 Å². The number of anilines is 1. The molecule has 70 valence electrons. The first-order valence-electron chi connectivity index (χ1n) is 3.25. The lowest BCUT2D eigenvalue weighted by Gasteiger charge is -2.07. The highest BCUT2D eigenvalue weighted by Gasteiger charge is 2.19. The molecule has 0 aliphatic heterocycles. The van der Waals surface area contributed by atoms with Crippen LogP contribution in [0.3, 0.4) is 0 Å². The van der Waals surface area contributed by atoms with Gasteiger partial charge in [0.05, 0.1) is 23.0 Å². The van der Waals surface area contributed by atoms with Crippen LogP contribution in [0.4, 0.5) is 14.5 Å². The van der Waals surface area contributed by atoms with Gasteiger partial charge in [0.15, 0.2) is 6.29 Å². The number of alkyl halides is 2. The first kappa shape index (κ1) is 9.85. The number of nitrogens with zero attached hydrogens (tertiary/aromatic N) is 1. The second kappa shape index (κ2) is 3.66. The average Bonchev–Trinajstić information content (AvgIpc) is 2.07. The lowest BCUT2D eigenvalue weighted by molar-refractivity contribution is 0.110. The van der Waals surface area contributed by atoms with Crippen molar-refractivity contribution in [1.29, 1.82) is 0 Å². The van der Waals surface area contributed by atoms with Crippen LogP contribution in [0, 0.1) is 0 Å². The standard InChI is InChI=1S/C7H5ClF2N2O/c8-6-3(2-13)5(7(9)10)4(11)1-12-6/h1-2,7H,11H2. The van der Waals surface area contributed by atoms with E-state index in [1.54, 1.807) is 0 Å². The van der Waals surface area contributed by atoms with E-state index < -0.39 is 12.0 Å². The molecule has 0 bridgehead atoms. The molecule has 3 nitrogen and oxygen atoms in total. The van der Waals surface area contributed by atoms with Gasteiger partial charge in [0.2, 0.25) is 0 Å². The van der Waals surface area contributed by atoms with Crippen molar-refractivity contribution >= 4 is 23.6 Å². The van der Waals surface area contributed by atoms with Crippen LogP contribution < -0.4 is 5.73 Å². The van der Waals surface area contributed by atoms with Gasteiger partial charge >= 0.3 is 0 Å². The molecule has 0 aliphatic carbocycles. The van der Waals surface area contributed by atoms with E-state index in [4.69, 9.17) is 17.3 Å². The second-order valence-electron chi connectivity index (χ2n) is 2.25. The topological polar surface area (TPSA) is 56.0 Å². The maximum absolute atomic E-state index is 12.3. The van der Waals surface area contributed by atoms with Crippen LogP contribution in [0.2, 0.25) is 5.15 Å². The van der Waals surface area contributed by atoms with Gasteiger partial charge in [-0.05, 0) is 0 Å². The Hall–Kier alpha value is -1.23. The third-order valence-corrected chi connectivity index (χ3v) is 1.78. The largest absolute Gasteiger partial charge is 0.397 e. The average molecular weight is 207 g/mol. The number of nitrogens with two attached hydrogens (primary N) is 1. The molecule has 0 radical (unpaired) electrons. The molecule has 0 amide bonds. The molecular weight excluding hydrogens is 202 g/mol. The van der Waals surface area contributed by atoms with Crippen molar-refractivity contribution in [3.63, 3.8) is 0 Å². The first-order valence-corrected chi connectivity index (χ1v) is 3.63. The highest BCUT2D eigenvalue weighted by molar-refractivity contribution is 6.32. The molecule has 2 N–H and O–H groups in total. The zero-order valence-electron chi connectivity index (χ0n) is 6.30. The summed E-state index contributed by atoms with van der Waals surface area (Å²) in [7, 11) is 0. The van der Waals surface area contributed by atoms with Crippen LogP contribution in [0.25, 0.3) is 0 Å². The molecule has 0 fully saturated rings. The highest BCUT2D eigenvalue weighted by atomic mass is 35.5. The molecule has 1 rings (SSSR count). The van der Waals surface area contributed by atoms with Crippen LogP contribution in [0.1, 0.15) is 22.3 Å². The SMILES string of the molecule is Nc1cnc(Cl)c(C=O)c1C(F)F. The lowest BCUT2D eigenvalue weighted by Crippen LogP contribution is -2.02. The van der Waals surface area contributed by atoms with Gasteiger partial charge in [-0.3, -0.25) is 4.79 Å². The van der Waals surface area contributed by atoms with Crippen molar-refractivity contribution in [3.8, 4) is 0 Å². The maximum atomic E-state index is 12.3. The molecule has 0 saturated carbocycles. The summed E-state index contributed by atoms with van der Waals surface area (Å²) in [6, 6.07) is 0. The Morgan fingerprint density at radius 2 is 2.23 bits per heavy atom. The summed E-state index contributed by atoms with van der Waals surface area (Å²) < 4.78 is 24.7. The van der Waals surface area contributed by atoms with Crippen LogP contribution in [0.5, 0.6) is 0 Å². The van der Waals surface area contributed by atoms with Crippen LogP contribution >= 0.6 is 11.6 Å². The maximum Gasteiger partial charge on any atom is 0.266 e. The predicted octanol–water partition coefficient (Wildman–Crippen LogP) is 2.07. The minimum absolute atomic E-state index is 0.215. The van der Waals surface area contributed by atoms with Gasteiger partial charge in [-0.25, -0.2) is 13.8 Å². The molecule has 6 heteroatoms. The number of hydrogen-bond acceptors (Lipinski definition) is 3. The molecule has 13 heavy (non-hydrogen) atoms. The molecule has 0 saturated heterocycles.